The molecule has 2 saturated carbocycles. The second-order valence-corrected chi connectivity index (χ2v) is 26.6. The molecule has 4 nitrogen and oxygen atoms in total. The van der Waals surface area contributed by atoms with Crippen LogP contribution < -0.4 is 9.80 Å². The summed E-state index contributed by atoms with van der Waals surface area (Å²) in [6, 6.07) is 74.1. The second-order valence-electron chi connectivity index (χ2n) is 26.6. The van der Waals surface area contributed by atoms with Gasteiger partial charge in [0.2, 0.25) is 0 Å². The molecular weight excluding hydrogens is 1070 g/mol. The molecular formula is C84H76N2O2. The van der Waals surface area contributed by atoms with Gasteiger partial charge >= 0.3 is 0 Å². The highest BCUT2D eigenvalue weighted by Crippen LogP contribution is 2.56. The summed E-state index contributed by atoms with van der Waals surface area (Å²) in [6.45, 7) is 18.1. The van der Waals surface area contributed by atoms with E-state index < -0.39 is 0 Å². The molecule has 0 N–H and O–H groups in total. The molecule has 88 heavy (non-hydrogen) atoms. The van der Waals surface area contributed by atoms with Gasteiger partial charge in [-0.2, -0.15) is 0 Å². The molecule has 0 unspecified atom stereocenters. The number of para-hydroxylation sites is 4. The highest BCUT2D eigenvalue weighted by Gasteiger charge is 2.32. The van der Waals surface area contributed by atoms with Crippen molar-refractivity contribution in [1.29, 1.82) is 0 Å². The number of furan rings is 2. The molecule has 0 saturated heterocycles. The summed E-state index contributed by atoms with van der Waals surface area (Å²) in [5.74, 6) is 1.57. The molecule has 2 aromatic heterocycles. The van der Waals surface area contributed by atoms with Crippen LogP contribution in [0.4, 0.5) is 34.1 Å². The Balaban J connectivity index is 1.00. The number of fused-ring (bicyclic) bond motifs is 6. The van der Waals surface area contributed by atoms with E-state index in [1.165, 1.54) is 151 Å². The van der Waals surface area contributed by atoms with Gasteiger partial charge in [-0.3, -0.25) is 0 Å². The Morgan fingerprint density at radius 2 is 0.682 bits per heavy atom. The minimum atomic E-state index is 0.355. The maximum absolute atomic E-state index is 7.49. The lowest BCUT2D eigenvalue weighted by molar-refractivity contribution is 0.669. The maximum Gasteiger partial charge on any atom is 0.159 e. The summed E-state index contributed by atoms with van der Waals surface area (Å²) in [4.78, 5) is 5.14. The highest BCUT2D eigenvalue weighted by molar-refractivity contribution is 6.30. The van der Waals surface area contributed by atoms with Crippen LogP contribution in [-0.4, -0.2) is 0 Å². The Labute approximate surface area is 517 Å². The molecule has 0 amide bonds. The number of rotatable bonds is 12. The van der Waals surface area contributed by atoms with E-state index in [2.05, 4.69) is 259 Å². The molecule has 0 bridgehead atoms. The van der Waals surface area contributed by atoms with Gasteiger partial charge in [0, 0.05) is 54.8 Å². The van der Waals surface area contributed by atoms with Gasteiger partial charge in [0.15, 0.2) is 11.2 Å². The zero-order valence-corrected chi connectivity index (χ0v) is 52.2. The SMILES string of the molecule is Cc1ccc(N(c2cc(C3CCCC3)c3ccc4c(N(c5ccc(C)c(C)c5)c5cccc6c5oc5c(-c7ccccc7C(C)C)cccc56)cc(C5CCCC5)c5ccc2c3c54)c2cccc3c2oc2c(-c4ccccc4C(C)C)cccc23)cc1C. The molecule has 2 fully saturated rings. The Bertz CT molecular complexity index is 4760. The van der Waals surface area contributed by atoms with Crippen LogP contribution >= 0.6 is 0 Å². The number of hydrogen-bond acceptors (Lipinski definition) is 4. The van der Waals surface area contributed by atoms with Crippen molar-refractivity contribution < 1.29 is 8.83 Å². The molecule has 16 rings (SSSR count). The van der Waals surface area contributed by atoms with E-state index in [4.69, 9.17) is 8.83 Å². The number of hydrogen-bond donors (Lipinski definition) is 0. The van der Waals surface area contributed by atoms with E-state index in [1.54, 1.807) is 0 Å². The smallest absolute Gasteiger partial charge is 0.159 e. The van der Waals surface area contributed by atoms with Gasteiger partial charge in [-0.15, -0.1) is 0 Å². The molecule has 2 aliphatic carbocycles. The van der Waals surface area contributed by atoms with Crippen LogP contribution in [-0.2, 0) is 0 Å². The van der Waals surface area contributed by atoms with Crippen LogP contribution in [0.25, 0.3) is 98.4 Å². The van der Waals surface area contributed by atoms with Crippen LogP contribution in [0.15, 0.2) is 203 Å². The van der Waals surface area contributed by atoms with Gasteiger partial charge in [-0.1, -0.05) is 199 Å². The lowest BCUT2D eigenvalue weighted by atomic mass is 9.82. The normalized spacial score (nSPS) is 14.3. The summed E-state index contributed by atoms with van der Waals surface area (Å²) in [5.41, 5.74) is 25.6. The quantitative estimate of drug-likeness (QED) is 0.114. The van der Waals surface area contributed by atoms with Crippen molar-refractivity contribution >= 4 is 110 Å². The van der Waals surface area contributed by atoms with Crippen molar-refractivity contribution in [1.82, 2.24) is 0 Å². The Morgan fingerprint density at radius 3 is 1.08 bits per heavy atom. The standard InChI is InChI=1S/C84H76N2O2/c1-49(2)59-25-13-15-27-61(59)65-29-17-31-67-69-33-19-35-75(83(69)87-81(65)67)85(57-39-37-51(5)53(7)45-57)77-47-73(55-21-9-10-22-55)63-42-44-72-78(48-74(56-23-11-12-24-56)64-41-43-71(77)79(63)80(64)72)86(58-40-38-52(6)54(8)46-58)76-36-20-34-70-68-32-18-30-66(82(68)88-84(70)76)62-28-16-14-26-60(62)50(3)4/h13-20,25-50,55-56H,9-12,21-24H2,1-8H3. The van der Waals surface area contributed by atoms with Gasteiger partial charge in [-0.05, 0) is 203 Å². The molecule has 0 aliphatic heterocycles. The second kappa shape index (κ2) is 21.3. The van der Waals surface area contributed by atoms with Crippen LogP contribution in [0.5, 0.6) is 0 Å². The summed E-state index contributed by atoms with van der Waals surface area (Å²) < 4.78 is 15.0. The van der Waals surface area contributed by atoms with E-state index in [-0.39, 0.29) is 0 Å². The molecule has 2 heterocycles. The number of anilines is 6. The van der Waals surface area contributed by atoms with Gasteiger partial charge in [0.25, 0.3) is 0 Å². The fourth-order valence-electron chi connectivity index (χ4n) is 16.0. The number of aryl methyl sites for hydroxylation is 4. The van der Waals surface area contributed by atoms with Crippen LogP contribution in [0.2, 0.25) is 0 Å². The number of benzene rings is 12. The fourth-order valence-corrected chi connectivity index (χ4v) is 16.0. The summed E-state index contributed by atoms with van der Waals surface area (Å²) >= 11 is 0. The Kier molecular flexibility index (Phi) is 13.2. The van der Waals surface area contributed by atoms with Gasteiger partial charge in [0.1, 0.15) is 11.2 Å². The first-order valence-electron chi connectivity index (χ1n) is 32.6. The van der Waals surface area contributed by atoms with Crippen molar-refractivity contribution in [2.75, 3.05) is 9.80 Å². The van der Waals surface area contributed by atoms with E-state index in [1.807, 2.05) is 0 Å². The molecule has 2 aliphatic rings. The van der Waals surface area contributed by atoms with Crippen molar-refractivity contribution in [2.24, 2.45) is 0 Å². The zero-order chi connectivity index (χ0) is 59.6. The van der Waals surface area contributed by atoms with E-state index in [0.717, 1.165) is 77.8 Å². The fraction of sp³-hybridized carbons (Fsp3) is 0.238. The minimum absolute atomic E-state index is 0.355. The Morgan fingerprint density at radius 1 is 0.318 bits per heavy atom. The summed E-state index contributed by atoms with van der Waals surface area (Å²) in [5, 5.41) is 12.4. The summed E-state index contributed by atoms with van der Waals surface area (Å²) in [6.07, 6.45) is 9.67. The predicted octanol–water partition coefficient (Wildman–Crippen LogP) is 25.5. The zero-order valence-electron chi connectivity index (χ0n) is 52.2. The summed E-state index contributed by atoms with van der Waals surface area (Å²) in [7, 11) is 0. The van der Waals surface area contributed by atoms with Gasteiger partial charge in [-0.25, -0.2) is 0 Å². The first-order valence-corrected chi connectivity index (χ1v) is 32.6. The maximum atomic E-state index is 7.49. The van der Waals surface area contributed by atoms with Crippen LogP contribution in [0.3, 0.4) is 0 Å². The average molecular weight is 1150 g/mol. The number of nitrogens with zero attached hydrogens (tertiary/aromatic N) is 2. The lowest BCUT2D eigenvalue weighted by Gasteiger charge is -2.32. The van der Waals surface area contributed by atoms with Crippen LogP contribution in [0.1, 0.15) is 147 Å². The Hall–Kier alpha value is -9.12. The van der Waals surface area contributed by atoms with Gasteiger partial charge < -0.3 is 18.6 Å². The van der Waals surface area contributed by atoms with Crippen molar-refractivity contribution in [3.63, 3.8) is 0 Å². The van der Waals surface area contributed by atoms with Crippen LogP contribution in [0, 0.1) is 27.7 Å². The lowest BCUT2D eigenvalue weighted by Crippen LogP contribution is -2.14. The molecule has 0 radical (unpaired) electrons. The highest BCUT2D eigenvalue weighted by atomic mass is 16.3. The van der Waals surface area contributed by atoms with Crippen molar-refractivity contribution in [3.05, 3.63) is 239 Å². The van der Waals surface area contributed by atoms with E-state index in [9.17, 15) is 0 Å². The molecule has 4 heteroatoms. The minimum Gasteiger partial charge on any atom is -0.453 e. The third-order valence-corrected chi connectivity index (χ3v) is 20.7. The van der Waals surface area contributed by atoms with E-state index >= 15 is 0 Å². The van der Waals surface area contributed by atoms with Gasteiger partial charge in [0.05, 0.1) is 22.7 Å². The average Bonchev–Trinajstić information content (AvgIpc) is 1.37. The molecule has 14 aromatic rings. The molecule has 0 spiro atoms. The molecule has 434 valence electrons. The largest absolute Gasteiger partial charge is 0.453 e. The first-order chi connectivity index (χ1) is 43.0. The third kappa shape index (κ3) is 8.60. The van der Waals surface area contributed by atoms with Crippen molar-refractivity contribution in [2.45, 2.75) is 130 Å². The molecule has 0 atom stereocenters. The van der Waals surface area contributed by atoms with Crippen molar-refractivity contribution in [3.8, 4) is 22.3 Å². The molecule has 12 aromatic carbocycles. The topological polar surface area (TPSA) is 32.8 Å². The first kappa shape index (κ1) is 54.3. The predicted molar refractivity (Wildman–Crippen MR) is 374 cm³/mol. The third-order valence-electron chi connectivity index (χ3n) is 20.7. The monoisotopic (exact) mass is 1140 g/mol. The van der Waals surface area contributed by atoms with E-state index in [0.29, 0.717) is 23.7 Å².